The first-order valence-corrected chi connectivity index (χ1v) is 6.24. The lowest BCUT2D eigenvalue weighted by Crippen LogP contribution is -2.30. The molecule has 2 nitrogen and oxygen atoms in total. The molecule has 0 spiro atoms. The summed E-state index contributed by atoms with van der Waals surface area (Å²) in [6.07, 6.45) is -2.30. The predicted octanol–water partition coefficient (Wildman–Crippen LogP) is 3.51. The van der Waals surface area contributed by atoms with E-state index in [2.05, 4.69) is 15.9 Å². The quantitative estimate of drug-likeness (QED) is 0.873. The molecule has 0 aliphatic carbocycles. The van der Waals surface area contributed by atoms with E-state index < -0.39 is 19.1 Å². The van der Waals surface area contributed by atoms with Crippen molar-refractivity contribution in [2.24, 2.45) is 5.73 Å². The maximum atomic E-state index is 12.2. The maximum absolute atomic E-state index is 12.2. The molecule has 0 aliphatic rings. The van der Waals surface area contributed by atoms with Gasteiger partial charge in [0.2, 0.25) is 0 Å². The van der Waals surface area contributed by atoms with Gasteiger partial charge in [-0.25, -0.2) is 8.78 Å². The average Bonchev–Trinajstić information content (AvgIpc) is 2.28. The molecule has 0 saturated carbocycles. The fourth-order valence-electron chi connectivity index (χ4n) is 1.54. The summed E-state index contributed by atoms with van der Waals surface area (Å²) in [5.74, 6) is 0. The van der Waals surface area contributed by atoms with Crippen LogP contribution in [0, 0.1) is 0 Å². The standard InChI is InChI=1S/C12H16BrF2NO/c1-2-10(16)12(17-7-11(14)15)8-4-3-5-9(13)6-8/h3-6,10-12H,2,7,16H2,1H3. The number of hydrogen-bond acceptors (Lipinski definition) is 2. The smallest absolute Gasteiger partial charge is 0.261 e. The molecule has 0 amide bonds. The molecule has 2 atom stereocenters. The first-order valence-electron chi connectivity index (χ1n) is 5.45. The molecule has 0 bridgehead atoms. The van der Waals surface area contributed by atoms with Crippen molar-refractivity contribution in [1.82, 2.24) is 0 Å². The minimum absolute atomic E-state index is 0.289. The van der Waals surface area contributed by atoms with Crippen LogP contribution in [0.2, 0.25) is 0 Å². The van der Waals surface area contributed by atoms with Gasteiger partial charge in [0, 0.05) is 10.5 Å². The van der Waals surface area contributed by atoms with Crippen LogP contribution in [0.4, 0.5) is 8.78 Å². The Morgan fingerprint density at radius 3 is 2.65 bits per heavy atom. The Balaban J connectivity index is 2.82. The Hall–Kier alpha value is -0.520. The van der Waals surface area contributed by atoms with E-state index in [9.17, 15) is 8.78 Å². The second-order valence-electron chi connectivity index (χ2n) is 3.77. The number of halogens is 3. The van der Waals surface area contributed by atoms with Crippen molar-refractivity contribution in [2.75, 3.05) is 6.61 Å². The average molecular weight is 308 g/mol. The third-order valence-electron chi connectivity index (χ3n) is 2.44. The summed E-state index contributed by atoms with van der Waals surface area (Å²) in [5, 5.41) is 0. The van der Waals surface area contributed by atoms with E-state index in [1.54, 1.807) is 0 Å². The predicted molar refractivity (Wildman–Crippen MR) is 67.1 cm³/mol. The summed E-state index contributed by atoms with van der Waals surface area (Å²) >= 11 is 3.34. The number of hydrogen-bond donors (Lipinski definition) is 1. The van der Waals surface area contributed by atoms with E-state index in [0.717, 1.165) is 10.0 Å². The molecule has 2 unspecified atom stereocenters. The minimum atomic E-state index is -2.48. The van der Waals surface area contributed by atoms with Gasteiger partial charge in [-0.3, -0.25) is 0 Å². The fourth-order valence-corrected chi connectivity index (χ4v) is 1.96. The number of rotatable bonds is 6. The monoisotopic (exact) mass is 307 g/mol. The van der Waals surface area contributed by atoms with Crippen LogP contribution in [0.1, 0.15) is 25.0 Å². The van der Waals surface area contributed by atoms with Gasteiger partial charge in [0.25, 0.3) is 6.43 Å². The highest BCUT2D eigenvalue weighted by atomic mass is 79.9. The summed E-state index contributed by atoms with van der Waals surface area (Å²) in [6, 6.07) is 7.08. The third-order valence-corrected chi connectivity index (χ3v) is 2.93. The molecular formula is C12H16BrF2NO. The highest BCUT2D eigenvalue weighted by Crippen LogP contribution is 2.25. The second kappa shape index (κ2) is 7.03. The maximum Gasteiger partial charge on any atom is 0.261 e. The van der Waals surface area contributed by atoms with Crippen LogP contribution in [0.25, 0.3) is 0 Å². The number of benzene rings is 1. The summed E-state index contributed by atoms with van der Waals surface area (Å²) < 4.78 is 30.4. The highest BCUT2D eigenvalue weighted by Gasteiger charge is 2.21. The fraction of sp³-hybridized carbons (Fsp3) is 0.500. The largest absolute Gasteiger partial charge is 0.366 e. The van der Waals surface area contributed by atoms with Crippen LogP contribution in [0.5, 0.6) is 0 Å². The molecule has 0 aromatic heterocycles. The van der Waals surface area contributed by atoms with Crippen molar-refractivity contribution in [3.63, 3.8) is 0 Å². The van der Waals surface area contributed by atoms with Crippen molar-refractivity contribution in [2.45, 2.75) is 31.9 Å². The Morgan fingerprint density at radius 2 is 2.12 bits per heavy atom. The van der Waals surface area contributed by atoms with Crippen LogP contribution < -0.4 is 5.73 Å². The third kappa shape index (κ3) is 4.69. The highest BCUT2D eigenvalue weighted by molar-refractivity contribution is 9.10. The first-order chi connectivity index (χ1) is 8.04. The minimum Gasteiger partial charge on any atom is -0.366 e. The Bertz CT molecular complexity index is 349. The van der Waals surface area contributed by atoms with Crippen LogP contribution in [-0.4, -0.2) is 19.1 Å². The molecule has 5 heteroatoms. The zero-order chi connectivity index (χ0) is 12.8. The van der Waals surface area contributed by atoms with Crippen LogP contribution >= 0.6 is 15.9 Å². The molecule has 0 fully saturated rings. The molecule has 0 saturated heterocycles. The van der Waals surface area contributed by atoms with Gasteiger partial charge in [-0.1, -0.05) is 35.0 Å². The van der Waals surface area contributed by atoms with E-state index in [1.165, 1.54) is 0 Å². The molecule has 0 aliphatic heterocycles. The van der Waals surface area contributed by atoms with Crippen LogP contribution in [-0.2, 0) is 4.74 Å². The Labute approximate surface area is 108 Å². The van der Waals surface area contributed by atoms with E-state index in [1.807, 2.05) is 31.2 Å². The van der Waals surface area contributed by atoms with Gasteiger partial charge in [-0.15, -0.1) is 0 Å². The number of nitrogens with two attached hydrogens (primary N) is 1. The van der Waals surface area contributed by atoms with Crippen molar-refractivity contribution in [3.8, 4) is 0 Å². The SMILES string of the molecule is CCC(N)C(OCC(F)F)c1cccc(Br)c1. The van der Waals surface area contributed by atoms with E-state index in [0.29, 0.717) is 6.42 Å². The van der Waals surface area contributed by atoms with Gasteiger partial charge in [0.05, 0.1) is 6.10 Å². The lowest BCUT2D eigenvalue weighted by atomic mass is 10.0. The van der Waals surface area contributed by atoms with Crippen molar-refractivity contribution in [3.05, 3.63) is 34.3 Å². The van der Waals surface area contributed by atoms with E-state index >= 15 is 0 Å². The molecule has 0 radical (unpaired) electrons. The second-order valence-corrected chi connectivity index (χ2v) is 4.69. The lowest BCUT2D eigenvalue weighted by Gasteiger charge is -2.24. The van der Waals surface area contributed by atoms with Crippen LogP contribution in [0.3, 0.4) is 0 Å². The molecule has 1 rings (SSSR count). The molecule has 2 N–H and O–H groups in total. The molecule has 1 aromatic rings. The molecular weight excluding hydrogens is 292 g/mol. The van der Waals surface area contributed by atoms with Crippen LogP contribution in [0.15, 0.2) is 28.7 Å². The Kier molecular flexibility index (Phi) is 6.02. The van der Waals surface area contributed by atoms with Gasteiger partial charge in [-0.05, 0) is 24.1 Å². The van der Waals surface area contributed by atoms with Crippen molar-refractivity contribution < 1.29 is 13.5 Å². The van der Waals surface area contributed by atoms with Gasteiger partial charge in [0.15, 0.2) is 0 Å². The van der Waals surface area contributed by atoms with Gasteiger partial charge in [0.1, 0.15) is 6.61 Å². The van der Waals surface area contributed by atoms with Gasteiger partial charge >= 0.3 is 0 Å². The molecule has 0 heterocycles. The number of alkyl halides is 2. The molecule has 17 heavy (non-hydrogen) atoms. The summed E-state index contributed by atoms with van der Waals surface area (Å²) in [5.41, 5.74) is 6.71. The van der Waals surface area contributed by atoms with E-state index in [-0.39, 0.29) is 6.04 Å². The van der Waals surface area contributed by atoms with Crippen molar-refractivity contribution >= 4 is 15.9 Å². The molecule has 1 aromatic carbocycles. The topological polar surface area (TPSA) is 35.2 Å². The van der Waals surface area contributed by atoms with E-state index in [4.69, 9.17) is 10.5 Å². The molecule has 96 valence electrons. The zero-order valence-corrected chi connectivity index (χ0v) is 11.2. The van der Waals surface area contributed by atoms with Gasteiger partial charge in [-0.2, -0.15) is 0 Å². The Morgan fingerprint density at radius 1 is 1.41 bits per heavy atom. The zero-order valence-electron chi connectivity index (χ0n) is 9.58. The number of ether oxygens (including phenoxy) is 1. The summed E-state index contributed by atoms with van der Waals surface area (Å²) in [4.78, 5) is 0. The normalized spacial score (nSPS) is 14.9. The summed E-state index contributed by atoms with van der Waals surface area (Å²) in [6.45, 7) is 1.31. The first kappa shape index (κ1) is 14.5. The van der Waals surface area contributed by atoms with Crippen molar-refractivity contribution in [1.29, 1.82) is 0 Å². The lowest BCUT2D eigenvalue weighted by molar-refractivity contribution is -0.0351. The van der Waals surface area contributed by atoms with Gasteiger partial charge < -0.3 is 10.5 Å². The summed E-state index contributed by atoms with van der Waals surface area (Å²) in [7, 11) is 0.